The summed E-state index contributed by atoms with van der Waals surface area (Å²) >= 11 is 0. The smallest absolute Gasteiger partial charge is 0.117 e. The predicted octanol–water partition coefficient (Wildman–Crippen LogP) is 4.03. The highest BCUT2D eigenvalue weighted by Crippen LogP contribution is 2.42. The van der Waals surface area contributed by atoms with E-state index in [1.54, 1.807) is 6.26 Å². The van der Waals surface area contributed by atoms with E-state index in [-0.39, 0.29) is 0 Å². The van der Waals surface area contributed by atoms with E-state index in [0.29, 0.717) is 17.9 Å². The molecule has 5 heteroatoms. The maximum Gasteiger partial charge on any atom is 0.117 e. The van der Waals surface area contributed by atoms with E-state index in [4.69, 9.17) is 9.52 Å². The van der Waals surface area contributed by atoms with E-state index < -0.39 is 0 Å². The number of hydrogen-bond acceptors (Lipinski definition) is 4. The Kier molecular flexibility index (Phi) is 5.29. The molecule has 2 aromatic heterocycles. The van der Waals surface area contributed by atoms with E-state index in [2.05, 4.69) is 28.0 Å². The van der Waals surface area contributed by atoms with Gasteiger partial charge in [-0.1, -0.05) is 19.3 Å². The topological polar surface area (TPSA) is 46.2 Å². The molecule has 28 heavy (non-hydrogen) atoms. The lowest BCUT2D eigenvalue weighted by atomic mass is 9.74. The van der Waals surface area contributed by atoms with Gasteiger partial charge in [-0.25, -0.2) is 0 Å². The third-order valence-corrected chi connectivity index (χ3v) is 7.48. The molecule has 5 heterocycles. The fourth-order valence-corrected chi connectivity index (χ4v) is 5.91. The Morgan fingerprint density at radius 2 is 2.11 bits per heavy atom. The zero-order valence-electron chi connectivity index (χ0n) is 17.1. The Labute approximate surface area is 168 Å². The van der Waals surface area contributed by atoms with Crippen molar-refractivity contribution in [1.82, 2.24) is 20.0 Å². The van der Waals surface area contributed by atoms with Crippen LogP contribution >= 0.6 is 0 Å². The number of aryl methyl sites for hydroxylation is 1. The van der Waals surface area contributed by atoms with Gasteiger partial charge in [0.2, 0.25) is 0 Å². The number of piperidine rings is 3. The molecule has 6 rings (SSSR count). The molecule has 4 fully saturated rings. The molecule has 0 radical (unpaired) electrons. The van der Waals surface area contributed by atoms with E-state index in [1.807, 2.05) is 12.1 Å². The van der Waals surface area contributed by atoms with Crippen LogP contribution in [0.25, 0.3) is 0 Å². The van der Waals surface area contributed by atoms with Gasteiger partial charge < -0.3 is 9.73 Å². The number of furan rings is 1. The zero-order chi connectivity index (χ0) is 18.9. The number of hydrogen-bond donors (Lipinski definition) is 1. The quantitative estimate of drug-likeness (QED) is 0.819. The third kappa shape index (κ3) is 3.67. The number of rotatable bonds is 6. The standard InChI is InChI=1S/C23H34N4O/c1-26-23(13-22(25-26)17-6-3-2-4-7-17)21-16-27-10-9-18(21)12-19(27)14-24-15-20-8-5-11-28-20/h5,8,11,13,17-19,21,24H,2-4,6-7,9-10,12,14-16H2,1H3/t18-,19+,21-/m0/s1. The van der Waals surface area contributed by atoms with Crippen molar-refractivity contribution in [3.63, 3.8) is 0 Å². The highest BCUT2D eigenvalue weighted by molar-refractivity contribution is 5.21. The maximum absolute atomic E-state index is 5.44. The van der Waals surface area contributed by atoms with Crippen LogP contribution in [0.15, 0.2) is 28.9 Å². The molecule has 0 amide bonds. The van der Waals surface area contributed by atoms with Crippen molar-refractivity contribution >= 4 is 0 Å². The van der Waals surface area contributed by atoms with Gasteiger partial charge in [0.1, 0.15) is 5.76 Å². The average molecular weight is 383 g/mol. The first-order valence-electron chi connectivity index (χ1n) is 11.3. The van der Waals surface area contributed by atoms with E-state index >= 15 is 0 Å². The highest BCUT2D eigenvalue weighted by atomic mass is 16.3. The van der Waals surface area contributed by atoms with Crippen LogP contribution in [-0.2, 0) is 13.6 Å². The maximum atomic E-state index is 5.44. The molecule has 3 saturated heterocycles. The normalized spacial score (nSPS) is 30.8. The van der Waals surface area contributed by atoms with Gasteiger partial charge in [-0.2, -0.15) is 5.10 Å². The summed E-state index contributed by atoms with van der Waals surface area (Å²) in [6.07, 6.45) is 11.2. The molecule has 0 spiro atoms. The molecule has 1 unspecified atom stereocenters. The van der Waals surface area contributed by atoms with Crippen molar-refractivity contribution in [3.8, 4) is 0 Å². The summed E-state index contributed by atoms with van der Waals surface area (Å²) in [5.41, 5.74) is 2.85. The minimum absolute atomic E-state index is 0.657. The largest absolute Gasteiger partial charge is 0.468 e. The molecular weight excluding hydrogens is 348 g/mol. The van der Waals surface area contributed by atoms with Crippen molar-refractivity contribution < 1.29 is 4.42 Å². The van der Waals surface area contributed by atoms with Gasteiger partial charge in [0, 0.05) is 43.7 Å². The van der Waals surface area contributed by atoms with Crippen LogP contribution in [0.1, 0.15) is 73.9 Å². The van der Waals surface area contributed by atoms with Gasteiger partial charge in [-0.3, -0.25) is 9.58 Å². The summed E-state index contributed by atoms with van der Waals surface area (Å²) in [4.78, 5) is 2.72. The van der Waals surface area contributed by atoms with Crippen LogP contribution in [0, 0.1) is 5.92 Å². The van der Waals surface area contributed by atoms with Crippen LogP contribution in [0.3, 0.4) is 0 Å². The molecule has 2 bridgehead atoms. The Hall–Kier alpha value is -1.59. The van der Waals surface area contributed by atoms with Crippen molar-refractivity contribution in [2.24, 2.45) is 13.0 Å². The van der Waals surface area contributed by atoms with Crippen molar-refractivity contribution in [3.05, 3.63) is 41.6 Å². The van der Waals surface area contributed by atoms with Gasteiger partial charge in [0.25, 0.3) is 0 Å². The fraction of sp³-hybridized carbons (Fsp3) is 0.696. The van der Waals surface area contributed by atoms with E-state index in [0.717, 1.165) is 24.8 Å². The lowest BCUT2D eigenvalue weighted by molar-refractivity contribution is 0.0280. The van der Waals surface area contributed by atoms with Gasteiger partial charge in [-0.05, 0) is 56.3 Å². The molecule has 2 aromatic rings. The lowest BCUT2D eigenvalue weighted by Crippen LogP contribution is -2.55. The molecule has 3 aliphatic heterocycles. The van der Waals surface area contributed by atoms with Gasteiger partial charge in [0.05, 0.1) is 18.5 Å². The SMILES string of the molecule is Cn1nc(C2CCCCC2)cc1[C@H]1CN2CC[C@H]1C[C@@H]2CNCc1ccco1. The number of nitrogens with one attached hydrogen (secondary N) is 1. The second kappa shape index (κ2) is 8.03. The molecule has 1 aliphatic carbocycles. The molecule has 4 atom stereocenters. The third-order valence-electron chi connectivity index (χ3n) is 7.48. The zero-order valence-corrected chi connectivity index (χ0v) is 17.1. The molecular formula is C23H34N4O. The predicted molar refractivity (Wildman–Crippen MR) is 110 cm³/mol. The molecule has 4 aliphatic rings. The molecule has 1 N–H and O–H groups in total. The molecule has 5 nitrogen and oxygen atoms in total. The number of nitrogens with zero attached hydrogens (tertiary/aromatic N) is 3. The Morgan fingerprint density at radius 1 is 1.21 bits per heavy atom. The minimum atomic E-state index is 0.657. The van der Waals surface area contributed by atoms with Gasteiger partial charge in [0.15, 0.2) is 0 Å². The summed E-state index contributed by atoms with van der Waals surface area (Å²) in [7, 11) is 2.17. The van der Waals surface area contributed by atoms with Crippen LogP contribution < -0.4 is 5.32 Å². The number of fused-ring (bicyclic) bond motifs is 3. The van der Waals surface area contributed by atoms with E-state index in [9.17, 15) is 0 Å². The van der Waals surface area contributed by atoms with E-state index in [1.165, 1.54) is 69.4 Å². The summed E-state index contributed by atoms with van der Waals surface area (Å²) in [5.74, 6) is 3.19. The average Bonchev–Trinajstić information content (AvgIpc) is 3.39. The molecule has 0 aromatic carbocycles. The Morgan fingerprint density at radius 3 is 2.86 bits per heavy atom. The van der Waals surface area contributed by atoms with Crippen LogP contribution in [0.2, 0.25) is 0 Å². The second-order valence-corrected chi connectivity index (χ2v) is 9.20. The van der Waals surface area contributed by atoms with Crippen molar-refractivity contribution in [2.75, 3.05) is 19.6 Å². The summed E-state index contributed by atoms with van der Waals surface area (Å²) < 4.78 is 7.65. The van der Waals surface area contributed by atoms with Crippen LogP contribution in [0.4, 0.5) is 0 Å². The highest BCUT2D eigenvalue weighted by Gasteiger charge is 2.41. The minimum Gasteiger partial charge on any atom is -0.468 e. The summed E-state index contributed by atoms with van der Waals surface area (Å²) in [5, 5.41) is 8.57. The molecule has 152 valence electrons. The second-order valence-electron chi connectivity index (χ2n) is 9.20. The summed E-state index contributed by atoms with van der Waals surface area (Å²) in [6.45, 7) is 4.34. The van der Waals surface area contributed by atoms with Crippen LogP contribution in [-0.4, -0.2) is 40.4 Å². The Bertz CT molecular complexity index is 762. The van der Waals surface area contributed by atoms with Crippen LogP contribution in [0.5, 0.6) is 0 Å². The first-order valence-corrected chi connectivity index (χ1v) is 11.3. The van der Waals surface area contributed by atoms with Crippen molar-refractivity contribution in [2.45, 2.75) is 69.4 Å². The Balaban J connectivity index is 1.22. The van der Waals surface area contributed by atoms with Crippen molar-refractivity contribution in [1.29, 1.82) is 0 Å². The monoisotopic (exact) mass is 382 g/mol. The van der Waals surface area contributed by atoms with Gasteiger partial charge >= 0.3 is 0 Å². The fourth-order valence-electron chi connectivity index (χ4n) is 5.91. The first kappa shape index (κ1) is 18.4. The molecule has 1 saturated carbocycles. The number of aromatic nitrogens is 2. The first-order chi connectivity index (χ1) is 13.8. The summed E-state index contributed by atoms with van der Waals surface area (Å²) in [6, 6.07) is 7.13. The van der Waals surface area contributed by atoms with Gasteiger partial charge in [-0.15, -0.1) is 0 Å². The lowest BCUT2D eigenvalue weighted by Gasteiger charge is -2.50.